The zero-order chi connectivity index (χ0) is 21.8. The number of carbonyl (C=O) groups excluding carboxylic acids is 3. The maximum absolute atomic E-state index is 13.9. The second kappa shape index (κ2) is 12.0. The molecule has 3 heterocycles. The van der Waals surface area contributed by atoms with E-state index >= 15 is 0 Å². The second-order valence-corrected chi connectivity index (χ2v) is 9.74. The maximum atomic E-state index is 13.9. The first-order valence-corrected chi connectivity index (χ1v) is 10.8. The average molecular weight is 884 g/mol. The van der Waals surface area contributed by atoms with E-state index in [1.807, 2.05) is 0 Å². The van der Waals surface area contributed by atoms with Crippen LogP contribution in [-0.2, 0) is 23.8 Å². The van der Waals surface area contributed by atoms with Crippen molar-refractivity contribution in [3.8, 4) is 0 Å². The number of halogens is 1. The Bertz CT molecular complexity index is 1050. The second-order valence-electron chi connectivity index (χ2n) is 8.20. The fourth-order valence-corrected chi connectivity index (χ4v) is 4.55. The van der Waals surface area contributed by atoms with Crippen LogP contribution in [0.25, 0.3) is 0 Å². The minimum absolute atomic E-state index is 0. The predicted octanol–water partition coefficient (Wildman–Crippen LogP) is -1.93. The predicted molar refractivity (Wildman–Crippen MR) is 133 cm³/mol. The number of ketones is 1. The first-order chi connectivity index (χ1) is 14.1. The molecule has 0 spiro atoms. The fraction of sp³-hybridized carbons (Fsp3) is 0.381. The molecule has 12 heteroatoms. The summed E-state index contributed by atoms with van der Waals surface area (Å²) < 4.78 is 30.5. The van der Waals surface area contributed by atoms with E-state index in [1.54, 1.807) is 32.9 Å². The fourth-order valence-electron chi connectivity index (χ4n) is 3.84. The Morgan fingerprint density at radius 3 is 2.33 bits per heavy atom. The standard InChI is InChI=1S/C21H19FNO6.4Sn.9H/c1-21(2,3)29-20(26)23-13-8-27-10-15(24)17(13)16(11-4-6-12(22)7-5-11)18-14(23)9-28-19(18)25;;;;;;;;;;;;;/h4-6,16H,8-10H2,1-3H3;;;;;;;;;;;;;/t16-;;;;;;;;;;;;;/m1............./s1. The number of Topliss-reactive ketones (excluding diaryl/α,β-unsaturated/α-hetero) is 1. The van der Waals surface area contributed by atoms with E-state index in [0.29, 0.717) is 20.5 Å². The summed E-state index contributed by atoms with van der Waals surface area (Å²) in [5.41, 5.74) is 0.961. The number of carbonyl (C=O) groups is 3. The molecule has 1 atom stereocenters. The number of cyclic esters (lactones) is 1. The number of hydrogen-bond acceptors (Lipinski definition) is 6. The summed E-state index contributed by atoms with van der Waals surface area (Å²) in [6.45, 7) is 4.90. The van der Waals surface area contributed by atoms with Crippen LogP contribution in [0.1, 0.15) is 32.3 Å². The van der Waals surface area contributed by atoms with Gasteiger partial charge in [0.25, 0.3) is 0 Å². The van der Waals surface area contributed by atoms with Crippen molar-refractivity contribution in [1.82, 2.24) is 4.90 Å². The number of rotatable bonds is 1. The Hall–Kier alpha value is 0.195. The van der Waals surface area contributed by atoms with Crippen LogP contribution in [0.5, 0.6) is 0 Å². The Kier molecular flexibility index (Phi) is 11.3. The van der Waals surface area contributed by atoms with Gasteiger partial charge in [0.05, 0.1) is 0 Å². The molecule has 0 aliphatic carbocycles. The SMILES string of the molecule is CC(C)(C)OC(=O)N1C2=C(C(=O)COC2)[C@@H](c2ccc(F)[c]([Sn])c2)C2=C1COC2=O.[SnH3].[SnH3].[SnH3]. The molecule has 0 fully saturated rings. The number of amides is 1. The molecular formula is C21H28FNO6Sn4. The summed E-state index contributed by atoms with van der Waals surface area (Å²) in [6.07, 6.45) is -0.711. The number of benzene rings is 1. The van der Waals surface area contributed by atoms with Crippen molar-refractivity contribution in [2.45, 2.75) is 32.3 Å². The summed E-state index contributed by atoms with van der Waals surface area (Å²) in [5, 5.41) is 0. The summed E-state index contributed by atoms with van der Waals surface area (Å²) in [4.78, 5) is 39.8. The van der Waals surface area contributed by atoms with Crippen LogP contribution in [0.3, 0.4) is 0 Å². The van der Waals surface area contributed by atoms with Crippen LogP contribution in [-0.4, -0.2) is 142 Å². The van der Waals surface area contributed by atoms with Gasteiger partial charge in [0.15, 0.2) is 0 Å². The first kappa shape index (κ1) is 31.2. The first-order valence-electron chi connectivity index (χ1n) is 9.37. The van der Waals surface area contributed by atoms with Crippen molar-refractivity contribution in [2.75, 3.05) is 19.8 Å². The third-order valence-corrected chi connectivity index (χ3v) is 6.06. The molecule has 33 heavy (non-hydrogen) atoms. The number of nitrogens with zero attached hydrogens (tertiary/aromatic N) is 1. The van der Waals surface area contributed by atoms with E-state index in [9.17, 15) is 18.8 Å². The molecule has 1 aromatic carbocycles. The minimum atomic E-state index is -0.782. The molecule has 7 nitrogen and oxygen atoms in total. The molecule has 3 aliphatic heterocycles. The average Bonchev–Trinajstić information content (AvgIpc) is 3.02. The van der Waals surface area contributed by atoms with Crippen LogP contribution in [0, 0.1) is 5.82 Å². The third kappa shape index (κ3) is 6.13. The molecule has 0 N–H and O–H groups in total. The van der Waals surface area contributed by atoms with Crippen molar-refractivity contribution in [3.05, 3.63) is 52.1 Å². The van der Waals surface area contributed by atoms with Crippen molar-refractivity contribution >= 4 is 116 Å². The Labute approximate surface area is 255 Å². The molecule has 176 valence electrons. The van der Waals surface area contributed by atoms with Gasteiger partial charge < -0.3 is 0 Å². The summed E-state index contributed by atoms with van der Waals surface area (Å²) in [6, 6.07) is 4.52. The van der Waals surface area contributed by atoms with Crippen LogP contribution in [0.15, 0.2) is 40.7 Å². The molecule has 0 saturated heterocycles. The molecule has 1 amide bonds. The van der Waals surface area contributed by atoms with E-state index in [4.69, 9.17) is 14.2 Å². The molecule has 0 saturated carbocycles. The van der Waals surface area contributed by atoms with Crippen LogP contribution in [0.2, 0.25) is 0 Å². The van der Waals surface area contributed by atoms with Gasteiger partial charge in [0, 0.05) is 0 Å². The van der Waals surface area contributed by atoms with E-state index in [-0.39, 0.29) is 114 Å². The van der Waals surface area contributed by atoms with Crippen LogP contribution < -0.4 is 3.58 Å². The van der Waals surface area contributed by atoms with E-state index < -0.39 is 23.6 Å². The Morgan fingerprint density at radius 1 is 1.09 bits per heavy atom. The summed E-state index contributed by atoms with van der Waals surface area (Å²) in [7, 11) is 0. The molecule has 0 bridgehead atoms. The van der Waals surface area contributed by atoms with Gasteiger partial charge in [-0.05, 0) is 0 Å². The van der Waals surface area contributed by atoms with Crippen molar-refractivity contribution in [3.63, 3.8) is 0 Å². The van der Waals surface area contributed by atoms with E-state index in [0.717, 1.165) is 22.5 Å². The van der Waals surface area contributed by atoms with Gasteiger partial charge in [-0.15, -0.1) is 0 Å². The monoisotopic (exact) mass is 889 g/mol. The molecule has 3 aliphatic rings. The van der Waals surface area contributed by atoms with Crippen molar-refractivity contribution < 1.29 is 33.0 Å². The zero-order valence-electron chi connectivity index (χ0n) is 19.7. The molecule has 1 aromatic rings. The molecule has 4 rings (SSSR count). The van der Waals surface area contributed by atoms with Gasteiger partial charge in [-0.25, -0.2) is 0 Å². The van der Waals surface area contributed by atoms with Gasteiger partial charge in [0.2, 0.25) is 0 Å². The van der Waals surface area contributed by atoms with Gasteiger partial charge in [-0.3, -0.25) is 0 Å². The Morgan fingerprint density at radius 2 is 1.73 bits per heavy atom. The van der Waals surface area contributed by atoms with Crippen molar-refractivity contribution in [2.24, 2.45) is 0 Å². The van der Waals surface area contributed by atoms with Crippen molar-refractivity contribution in [1.29, 1.82) is 0 Å². The molecule has 0 aromatic heterocycles. The number of esters is 1. The summed E-state index contributed by atoms with van der Waals surface area (Å²) in [5.74, 6) is -2.04. The van der Waals surface area contributed by atoms with Gasteiger partial charge in [-0.1, -0.05) is 0 Å². The quantitative estimate of drug-likeness (QED) is 0.242. The molecule has 6 radical (unpaired) electrons. The molecule has 0 unspecified atom stereocenters. The topological polar surface area (TPSA) is 82.1 Å². The Balaban J connectivity index is 0.00000181. The van der Waals surface area contributed by atoms with Gasteiger partial charge in [-0.2, -0.15) is 0 Å². The zero-order valence-corrected chi connectivity index (χ0v) is 39.7. The molecular weight excluding hydrogens is 856 g/mol. The van der Waals surface area contributed by atoms with Crippen LogP contribution in [0.4, 0.5) is 9.18 Å². The number of hydrogen-bond donors (Lipinski definition) is 0. The normalized spacial score (nSPS) is 19.5. The summed E-state index contributed by atoms with van der Waals surface area (Å²) >= 11 is 0.868. The van der Waals surface area contributed by atoms with E-state index in [2.05, 4.69) is 0 Å². The third-order valence-electron chi connectivity index (χ3n) is 4.97. The van der Waals surface area contributed by atoms with Gasteiger partial charge >= 0.3 is 258 Å². The van der Waals surface area contributed by atoms with E-state index in [1.165, 1.54) is 11.0 Å². The number of ether oxygens (including phenoxy) is 3. The van der Waals surface area contributed by atoms with Gasteiger partial charge in [0.1, 0.15) is 0 Å². The van der Waals surface area contributed by atoms with Crippen LogP contribution >= 0.6 is 0 Å².